The summed E-state index contributed by atoms with van der Waals surface area (Å²) in [6.45, 7) is 6.32. The predicted molar refractivity (Wildman–Crippen MR) is 256 cm³/mol. The first-order chi connectivity index (χ1) is 29.5. The SMILES string of the molecule is CC/C=C\C/C=C\C/C=C\C/C=C\CCCCCCC(=O)OCC(COC(=O)CCCCCCCCCC)OC(=O)CCCCCC/C=C\C/C=C\C/C=C\C/C=C\CC. The summed E-state index contributed by atoms with van der Waals surface area (Å²) >= 11 is 0. The van der Waals surface area contributed by atoms with Crippen LogP contribution in [0.1, 0.15) is 207 Å². The average molecular weight is 833 g/mol. The molecule has 6 heteroatoms. The number of rotatable bonds is 42. The Bertz CT molecular complexity index is 1230. The third-order valence-electron chi connectivity index (χ3n) is 9.83. The molecule has 0 bridgehead atoms. The molecular weight excluding hydrogens is 745 g/mol. The minimum atomic E-state index is -0.798. The summed E-state index contributed by atoms with van der Waals surface area (Å²) < 4.78 is 16.7. The van der Waals surface area contributed by atoms with Crippen molar-refractivity contribution in [3.63, 3.8) is 0 Å². The molecule has 0 aromatic rings. The Hall–Kier alpha value is -3.67. The summed E-state index contributed by atoms with van der Waals surface area (Å²) in [5.74, 6) is -0.956. The fourth-order valence-electron chi connectivity index (χ4n) is 6.25. The molecule has 0 aromatic carbocycles. The number of carbonyl (C=O) groups excluding carboxylic acids is 3. The van der Waals surface area contributed by atoms with E-state index in [2.05, 4.69) is 118 Å². The topological polar surface area (TPSA) is 78.9 Å². The lowest BCUT2D eigenvalue weighted by Crippen LogP contribution is -2.30. The van der Waals surface area contributed by atoms with Crippen molar-refractivity contribution in [3.05, 3.63) is 97.2 Å². The second-order valence-corrected chi connectivity index (χ2v) is 15.6. The second kappa shape index (κ2) is 48.0. The van der Waals surface area contributed by atoms with Gasteiger partial charge in [0.25, 0.3) is 0 Å². The molecule has 6 nitrogen and oxygen atoms in total. The molecule has 1 atom stereocenters. The number of esters is 3. The number of allylic oxidation sites excluding steroid dienone is 16. The van der Waals surface area contributed by atoms with Gasteiger partial charge in [0, 0.05) is 19.3 Å². The van der Waals surface area contributed by atoms with Crippen LogP contribution in [-0.4, -0.2) is 37.2 Å². The summed E-state index contributed by atoms with van der Waals surface area (Å²) in [4.78, 5) is 37.8. The van der Waals surface area contributed by atoms with Crippen LogP contribution in [0.3, 0.4) is 0 Å². The molecule has 0 rings (SSSR count). The molecule has 0 radical (unpaired) electrons. The first kappa shape index (κ1) is 56.3. The Labute approximate surface area is 368 Å². The normalized spacial score (nSPS) is 12.9. The minimum absolute atomic E-state index is 0.0962. The maximum absolute atomic E-state index is 12.7. The molecular formula is C54H88O6. The quantitative estimate of drug-likeness (QED) is 0.0264. The number of unbranched alkanes of at least 4 members (excludes halogenated alkanes) is 15. The van der Waals surface area contributed by atoms with E-state index in [0.29, 0.717) is 19.3 Å². The molecule has 0 heterocycles. The van der Waals surface area contributed by atoms with E-state index in [-0.39, 0.29) is 31.1 Å². The number of carbonyl (C=O) groups is 3. The lowest BCUT2D eigenvalue weighted by Gasteiger charge is -2.18. The van der Waals surface area contributed by atoms with Crippen molar-refractivity contribution in [2.45, 2.75) is 213 Å². The molecule has 0 aliphatic rings. The van der Waals surface area contributed by atoms with Crippen LogP contribution in [0.15, 0.2) is 97.2 Å². The van der Waals surface area contributed by atoms with Gasteiger partial charge in [0.2, 0.25) is 0 Å². The number of ether oxygens (including phenoxy) is 3. The largest absolute Gasteiger partial charge is 0.462 e. The lowest BCUT2D eigenvalue weighted by atomic mass is 10.1. The van der Waals surface area contributed by atoms with Crippen LogP contribution < -0.4 is 0 Å². The van der Waals surface area contributed by atoms with Crippen LogP contribution in [0, 0.1) is 0 Å². The van der Waals surface area contributed by atoms with Gasteiger partial charge in [-0.25, -0.2) is 0 Å². The fraction of sp³-hybridized carbons (Fsp3) is 0.648. The minimum Gasteiger partial charge on any atom is -0.462 e. The summed E-state index contributed by atoms with van der Waals surface area (Å²) in [7, 11) is 0. The summed E-state index contributed by atoms with van der Waals surface area (Å²) in [5, 5.41) is 0. The maximum atomic E-state index is 12.7. The van der Waals surface area contributed by atoms with Crippen molar-refractivity contribution < 1.29 is 28.6 Å². The molecule has 0 aliphatic carbocycles. The molecule has 340 valence electrons. The monoisotopic (exact) mass is 833 g/mol. The average Bonchev–Trinajstić information content (AvgIpc) is 3.24. The van der Waals surface area contributed by atoms with Gasteiger partial charge in [-0.05, 0) is 96.3 Å². The van der Waals surface area contributed by atoms with Crippen LogP contribution in [0.25, 0.3) is 0 Å². The molecule has 0 amide bonds. The van der Waals surface area contributed by atoms with Gasteiger partial charge in [-0.3, -0.25) is 14.4 Å². The Kier molecular flexibility index (Phi) is 45.1. The smallest absolute Gasteiger partial charge is 0.306 e. The van der Waals surface area contributed by atoms with E-state index in [9.17, 15) is 14.4 Å². The zero-order valence-corrected chi connectivity index (χ0v) is 38.7. The zero-order valence-electron chi connectivity index (χ0n) is 38.7. The van der Waals surface area contributed by atoms with E-state index < -0.39 is 6.10 Å². The number of hydrogen-bond acceptors (Lipinski definition) is 6. The van der Waals surface area contributed by atoms with E-state index in [1.165, 1.54) is 32.1 Å². The molecule has 0 aliphatic heterocycles. The lowest BCUT2D eigenvalue weighted by molar-refractivity contribution is -0.167. The highest BCUT2D eigenvalue weighted by molar-refractivity contribution is 5.71. The van der Waals surface area contributed by atoms with Crippen LogP contribution >= 0.6 is 0 Å². The van der Waals surface area contributed by atoms with E-state index in [4.69, 9.17) is 14.2 Å². The van der Waals surface area contributed by atoms with Crippen molar-refractivity contribution in [2.75, 3.05) is 13.2 Å². The highest BCUT2D eigenvalue weighted by atomic mass is 16.6. The van der Waals surface area contributed by atoms with Gasteiger partial charge in [0.1, 0.15) is 13.2 Å². The van der Waals surface area contributed by atoms with Crippen molar-refractivity contribution in [3.8, 4) is 0 Å². The first-order valence-electron chi connectivity index (χ1n) is 24.2. The summed E-state index contributed by atoms with van der Waals surface area (Å²) in [5.41, 5.74) is 0. The van der Waals surface area contributed by atoms with Crippen LogP contribution in [0.4, 0.5) is 0 Å². The van der Waals surface area contributed by atoms with Gasteiger partial charge in [-0.2, -0.15) is 0 Å². The Balaban J connectivity index is 4.43. The van der Waals surface area contributed by atoms with Gasteiger partial charge in [-0.15, -0.1) is 0 Å². The summed E-state index contributed by atoms with van der Waals surface area (Å²) in [6, 6.07) is 0. The second-order valence-electron chi connectivity index (χ2n) is 15.6. The standard InChI is InChI=1S/C54H88O6/c1-4-7-10-13-16-19-21-23-25-27-29-31-33-35-38-41-44-47-53(56)59-50-51(49-58-52(55)46-43-40-37-18-15-12-9-6-3)60-54(57)48-45-42-39-36-34-32-30-28-26-24-22-20-17-14-11-8-5-2/h7-8,10-11,16-17,19-20,23-26,29-32,51H,4-6,9,12-15,18,21-22,27-28,33-50H2,1-3H3/b10-7-,11-8-,19-16-,20-17-,25-23-,26-24-,31-29-,32-30-. The van der Waals surface area contributed by atoms with Crippen LogP contribution in [-0.2, 0) is 28.6 Å². The van der Waals surface area contributed by atoms with Crippen molar-refractivity contribution in [2.24, 2.45) is 0 Å². The predicted octanol–water partition coefficient (Wildman–Crippen LogP) is 15.8. The fourth-order valence-corrected chi connectivity index (χ4v) is 6.25. The van der Waals surface area contributed by atoms with Crippen molar-refractivity contribution in [1.82, 2.24) is 0 Å². The van der Waals surface area contributed by atoms with Gasteiger partial charge in [0.05, 0.1) is 0 Å². The van der Waals surface area contributed by atoms with Gasteiger partial charge >= 0.3 is 17.9 Å². The molecule has 0 N–H and O–H groups in total. The van der Waals surface area contributed by atoms with Crippen LogP contribution in [0.2, 0.25) is 0 Å². The molecule has 0 saturated heterocycles. The van der Waals surface area contributed by atoms with Crippen molar-refractivity contribution >= 4 is 17.9 Å². The molecule has 60 heavy (non-hydrogen) atoms. The summed E-state index contributed by atoms with van der Waals surface area (Å²) in [6.07, 6.45) is 62.5. The first-order valence-corrected chi connectivity index (χ1v) is 24.2. The van der Waals surface area contributed by atoms with E-state index in [1.807, 2.05) is 0 Å². The van der Waals surface area contributed by atoms with Crippen molar-refractivity contribution in [1.29, 1.82) is 0 Å². The highest BCUT2D eigenvalue weighted by Gasteiger charge is 2.19. The highest BCUT2D eigenvalue weighted by Crippen LogP contribution is 2.13. The molecule has 0 fully saturated rings. The van der Waals surface area contributed by atoms with Crippen LogP contribution in [0.5, 0.6) is 0 Å². The van der Waals surface area contributed by atoms with Gasteiger partial charge in [-0.1, -0.05) is 189 Å². The molecule has 1 unspecified atom stereocenters. The third kappa shape index (κ3) is 45.4. The Morgan fingerprint density at radius 1 is 0.350 bits per heavy atom. The Morgan fingerprint density at radius 3 is 1.02 bits per heavy atom. The molecule has 0 aromatic heterocycles. The molecule has 0 spiro atoms. The Morgan fingerprint density at radius 2 is 0.650 bits per heavy atom. The maximum Gasteiger partial charge on any atom is 0.306 e. The third-order valence-corrected chi connectivity index (χ3v) is 9.83. The van der Waals surface area contributed by atoms with E-state index >= 15 is 0 Å². The van der Waals surface area contributed by atoms with Gasteiger partial charge in [0.15, 0.2) is 6.10 Å². The molecule has 0 saturated carbocycles. The number of hydrogen-bond donors (Lipinski definition) is 0. The zero-order chi connectivity index (χ0) is 43.7. The van der Waals surface area contributed by atoms with E-state index in [1.54, 1.807) is 0 Å². The van der Waals surface area contributed by atoms with Gasteiger partial charge < -0.3 is 14.2 Å². The van der Waals surface area contributed by atoms with E-state index in [0.717, 1.165) is 135 Å².